The molecule has 0 bridgehead atoms. The second-order valence-corrected chi connectivity index (χ2v) is 6.09. The van der Waals surface area contributed by atoms with Crippen molar-refractivity contribution in [2.45, 2.75) is 13.3 Å². The molecular weight excluding hydrogens is 252 g/mol. The Morgan fingerprint density at radius 2 is 2.19 bits per heavy atom. The van der Waals surface area contributed by atoms with Crippen molar-refractivity contribution < 1.29 is 13.5 Å². The van der Waals surface area contributed by atoms with E-state index >= 15 is 0 Å². The zero-order chi connectivity index (χ0) is 12.2. The maximum atomic E-state index is 11.7. The largest absolute Gasteiger partial charge is 0.396 e. The fourth-order valence-corrected chi connectivity index (χ4v) is 2.65. The molecule has 0 radical (unpaired) electrons. The minimum absolute atomic E-state index is 0.0439. The molecule has 2 N–H and O–H groups in total. The minimum Gasteiger partial charge on any atom is -0.396 e. The molecule has 1 aromatic rings. The number of aliphatic hydroxyl groups excluding tert-OH is 1. The molecule has 0 atom stereocenters. The van der Waals surface area contributed by atoms with E-state index in [1.165, 1.54) is 18.4 Å². The van der Waals surface area contributed by atoms with Crippen LogP contribution in [0, 0.1) is 6.92 Å². The minimum atomic E-state index is -3.59. The molecular formula is C7H14N4O3S2. The lowest BCUT2D eigenvalue weighted by molar-refractivity contribution is 0.276. The first kappa shape index (κ1) is 13.3. The lowest BCUT2D eigenvalue weighted by Gasteiger charge is -2.15. The summed E-state index contributed by atoms with van der Waals surface area (Å²) in [7, 11) is -2.16. The van der Waals surface area contributed by atoms with Crippen molar-refractivity contribution >= 4 is 26.7 Å². The molecule has 16 heavy (non-hydrogen) atoms. The van der Waals surface area contributed by atoms with Crippen LogP contribution in [0.5, 0.6) is 0 Å². The third kappa shape index (κ3) is 3.67. The van der Waals surface area contributed by atoms with E-state index in [1.807, 2.05) is 0 Å². The highest BCUT2D eigenvalue weighted by molar-refractivity contribution is 7.90. The quantitative estimate of drug-likeness (QED) is 0.744. The Bertz CT molecular complexity index is 431. The van der Waals surface area contributed by atoms with E-state index in [4.69, 9.17) is 5.11 Å². The average molecular weight is 266 g/mol. The Balaban J connectivity index is 2.64. The molecule has 1 rings (SSSR count). The van der Waals surface area contributed by atoms with Gasteiger partial charge >= 0.3 is 10.2 Å². The Kier molecular flexibility index (Phi) is 4.59. The molecule has 0 amide bonds. The fraction of sp³-hybridized carbons (Fsp3) is 0.714. The fourth-order valence-electron chi connectivity index (χ4n) is 0.940. The lowest BCUT2D eigenvalue weighted by Crippen LogP contribution is -2.33. The third-order valence-electron chi connectivity index (χ3n) is 1.78. The van der Waals surface area contributed by atoms with Gasteiger partial charge in [0.05, 0.1) is 0 Å². The first-order valence-electron chi connectivity index (χ1n) is 4.61. The molecule has 7 nitrogen and oxygen atoms in total. The lowest BCUT2D eigenvalue weighted by atomic mass is 10.5. The van der Waals surface area contributed by atoms with E-state index in [0.29, 0.717) is 11.4 Å². The van der Waals surface area contributed by atoms with Crippen LogP contribution >= 0.6 is 11.3 Å². The summed E-state index contributed by atoms with van der Waals surface area (Å²) in [5, 5.41) is 16.9. The van der Waals surface area contributed by atoms with Crippen LogP contribution in [0.4, 0.5) is 5.13 Å². The van der Waals surface area contributed by atoms with Gasteiger partial charge in [0, 0.05) is 20.2 Å². The van der Waals surface area contributed by atoms with Gasteiger partial charge in [0.25, 0.3) is 0 Å². The van der Waals surface area contributed by atoms with Gasteiger partial charge in [0.2, 0.25) is 5.13 Å². The van der Waals surface area contributed by atoms with Crippen molar-refractivity contribution in [2.75, 3.05) is 24.9 Å². The molecule has 0 saturated carbocycles. The summed E-state index contributed by atoms with van der Waals surface area (Å²) in [5.41, 5.74) is 0. The SMILES string of the molecule is Cc1nnc(NS(=O)(=O)N(C)CCCO)s1. The van der Waals surface area contributed by atoms with Crippen molar-refractivity contribution in [3.8, 4) is 0 Å². The van der Waals surface area contributed by atoms with Crippen molar-refractivity contribution in [3.05, 3.63) is 5.01 Å². The highest BCUT2D eigenvalue weighted by Crippen LogP contribution is 2.16. The predicted molar refractivity (Wildman–Crippen MR) is 61.5 cm³/mol. The normalized spacial score (nSPS) is 12.0. The molecule has 0 aliphatic rings. The second-order valence-electron chi connectivity index (χ2n) is 3.13. The Labute approximate surface area is 98.3 Å². The predicted octanol–water partition coefficient (Wildman–Crippen LogP) is -0.183. The molecule has 0 saturated heterocycles. The molecule has 9 heteroatoms. The number of rotatable bonds is 6. The summed E-state index contributed by atoms with van der Waals surface area (Å²) in [6.07, 6.45) is 0.395. The zero-order valence-electron chi connectivity index (χ0n) is 9.04. The Morgan fingerprint density at radius 3 is 2.69 bits per heavy atom. The van der Waals surface area contributed by atoms with E-state index in [0.717, 1.165) is 4.31 Å². The monoisotopic (exact) mass is 266 g/mol. The summed E-state index contributed by atoms with van der Waals surface area (Å²) >= 11 is 1.17. The number of hydrogen-bond acceptors (Lipinski definition) is 6. The van der Waals surface area contributed by atoms with Crippen molar-refractivity contribution in [3.63, 3.8) is 0 Å². The molecule has 0 unspecified atom stereocenters. The number of aryl methyl sites for hydroxylation is 1. The van der Waals surface area contributed by atoms with Gasteiger partial charge in [-0.2, -0.15) is 12.7 Å². The van der Waals surface area contributed by atoms with Gasteiger partial charge in [-0.05, 0) is 13.3 Å². The van der Waals surface area contributed by atoms with Crippen LogP contribution in [-0.4, -0.2) is 48.2 Å². The number of nitrogens with zero attached hydrogens (tertiary/aromatic N) is 3. The van der Waals surface area contributed by atoms with Crippen LogP contribution in [0.15, 0.2) is 0 Å². The number of anilines is 1. The van der Waals surface area contributed by atoms with Gasteiger partial charge in [0.1, 0.15) is 5.01 Å². The Morgan fingerprint density at radius 1 is 1.50 bits per heavy atom. The molecule has 92 valence electrons. The topological polar surface area (TPSA) is 95.4 Å². The van der Waals surface area contributed by atoms with Crippen LogP contribution in [-0.2, 0) is 10.2 Å². The van der Waals surface area contributed by atoms with Gasteiger partial charge in [-0.15, -0.1) is 10.2 Å². The molecule has 1 heterocycles. The van der Waals surface area contributed by atoms with Gasteiger partial charge in [-0.25, -0.2) is 4.72 Å². The number of nitrogens with one attached hydrogen (secondary N) is 1. The molecule has 0 spiro atoms. The molecule has 1 aromatic heterocycles. The standard InChI is InChI=1S/C7H14N4O3S2/c1-6-8-9-7(15-6)10-16(13,14)11(2)4-3-5-12/h12H,3-5H2,1-2H3,(H,9,10). The number of aliphatic hydroxyl groups is 1. The molecule has 0 aromatic carbocycles. The van der Waals surface area contributed by atoms with Crippen LogP contribution in [0.25, 0.3) is 0 Å². The summed E-state index contributed by atoms with van der Waals surface area (Å²) in [5.74, 6) is 0. The van der Waals surface area contributed by atoms with Crippen LogP contribution < -0.4 is 4.72 Å². The first-order valence-corrected chi connectivity index (χ1v) is 6.86. The summed E-state index contributed by atoms with van der Waals surface area (Å²) in [6, 6.07) is 0. The molecule has 0 aliphatic carbocycles. The maximum Gasteiger partial charge on any atom is 0.303 e. The molecule has 0 fully saturated rings. The smallest absolute Gasteiger partial charge is 0.303 e. The van der Waals surface area contributed by atoms with Crippen LogP contribution in [0.2, 0.25) is 0 Å². The third-order valence-corrected chi connectivity index (χ3v) is 4.12. The van der Waals surface area contributed by atoms with E-state index in [2.05, 4.69) is 14.9 Å². The van der Waals surface area contributed by atoms with E-state index in [9.17, 15) is 8.42 Å². The highest BCUT2D eigenvalue weighted by atomic mass is 32.2. The Hall–Kier alpha value is -0.770. The van der Waals surface area contributed by atoms with Crippen LogP contribution in [0.1, 0.15) is 11.4 Å². The highest BCUT2D eigenvalue weighted by Gasteiger charge is 2.18. The van der Waals surface area contributed by atoms with Crippen molar-refractivity contribution in [1.82, 2.24) is 14.5 Å². The van der Waals surface area contributed by atoms with Gasteiger partial charge in [-0.1, -0.05) is 11.3 Å². The van der Waals surface area contributed by atoms with E-state index in [1.54, 1.807) is 6.92 Å². The second kappa shape index (κ2) is 5.53. The van der Waals surface area contributed by atoms with E-state index < -0.39 is 10.2 Å². The van der Waals surface area contributed by atoms with Gasteiger partial charge in [-0.3, -0.25) is 0 Å². The maximum absolute atomic E-state index is 11.7. The first-order chi connectivity index (χ1) is 7.45. The zero-order valence-corrected chi connectivity index (χ0v) is 10.7. The number of aromatic nitrogens is 2. The van der Waals surface area contributed by atoms with Gasteiger partial charge in [0.15, 0.2) is 0 Å². The number of hydrogen-bond donors (Lipinski definition) is 2. The van der Waals surface area contributed by atoms with E-state index in [-0.39, 0.29) is 18.3 Å². The van der Waals surface area contributed by atoms with Crippen LogP contribution in [0.3, 0.4) is 0 Å². The summed E-state index contributed by atoms with van der Waals surface area (Å²) < 4.78 is 26.8. The van der Waals surface area contributed by atoms with Crippen molar-refractivity contribution in [2.24, 2.45) is 0 Å². The van der Waals surface area contributed by atoms with Crippen molar-refractivity contribution in [1.29, 1.82) is 0 Å². The molecule has 0 aliphatic heterocycles. The average Bonchev–Trinajstić information content (AvgIpc) is 2.59. The summed E-state index contributed by atoms with van der Waals surface area (Å²) in [6.45, 7) is 1.95. The van der Waals surface area contributed by atoms with Gasteiger partial charge < -0.3 is 5.11 Å². The summed E-state index contributed by atoms with van der Waals surface area (Å²) in [4.78, 5) is 0.